The highest BCUT2D eigenvalue weighted by molar-refractivity contribution is 5.90. The second-order valence-electron chi connectivity index (χ2n) is 10.5. The lowest BCUT2D eigenvalue weighted by molar-refractivity contribution is 0.409. The van der Waals surface area contributed by atoms with E-state index >= 15 is 0 Å². The van der Waals surface area contributed by atoms with Crippen molar-refractivity contribution < 1.29 is 4.74 Å². The van der Waals surface area contributed by atoms with E-state index in [1.54, 1.807) is 7.11 Å². The summed E-state index contributed by atoms with van der Waals surface area (Å²) in [5.41, 5.74) is 13.5. The molecule has 1 atom stereocenters. The van der Waals surface area contributed by atoms with Gasteiger partial charge in [-0.25, -0.2) is 0 Å². The van der Waals surface area contributed by atoms with E-state index in [0.717, 1.165) is 22.8 Å². The summed E-state index contributed by atoms with van der Waals surface area (Å²) in [6, 6.07) is 26.6. The van der Waals surface area contributed by atoms with Gasteiger partial charge in [0.05, 0.1) is 18.5 Å². The zero-order chi connectivity index (χ0) is 26.4. The Labute approximate surface area is 221 Å². The van der Waals surface area contributed by atoms with Gasteiger partial charge in [0.2, 0.25) is 0 Å². The van der Waals surface area contributed by atoms with E-state index < -0.39 is 0 Å². The summed E-state index contributed by atoms with van der Waals surface area (Å²) in [7, 11) is 10.2. The molecule has 0 aliphatic carbocycles. The summed E-state index contributed by atoms with van der Waals surface area (Å²) in [5.74, 6) is 0.948. The first-order valence-corrected chi connectivity index (χ1v) is 12.8. The van der Waals surface area contributed by atoms with E-state index in [1.165, 1.54) is 44.8 Å². The van der Waals surface area contributed by atoms with Gasteiger partial charge in [0.15, 0.2) is 0 Å². The maximum Gasteiger partial charge on any atom is 0.127 e. The highest BCUT2D eigenvalue weighted by atomic mass is 16.5. The van der Waals surface area contributed by atoms with Gasteiger partial charge in [0, 0.05) is 62.8 Å². The van der Waals surface area contributed by atoms with Gasteiger partial charge >= 0.3 is 0 Å². The lowest BCUT2D eigenvalue weighted by atomic mass is 9.76. The molecule has 1 aliphatic heterocycles. The molecule has 4 nitrogen and oxygen atoms in total. The first-order chi connectivity index (χ1) is 17.7. The zero-order valence-electron chi connectivity index (χ0n) is 23.3. The summed E-state index contributed by atoms with van der Waals surface area (Å²) in [5, 5.41) is 0. The maximum atomic E-state index is 6.17. The number of ether oxygens (including phenoxy) is 1. The van der Waals surface area contributed by atoms with Gasteiger partial charge in [-0.1, -0.05) is 35.9 Å². The number of fused-ring (bicyclic) bond motifs is 2. The molecule has 1 aliphatic rings. The average Bonchev–Trinajstić information content (AvgIpc) is 2.87. The second-order valence-corrected chi connectivity index (χ2v) is 10.5. The highest BCUT2D eigenvalue weighted by Gasteiger charge is 2.37. The summed E-state index contributed by atoms with van der Waals surface area (Å²) < 4.78 is 6.17. The molecular formula is C33H37N3O. The lowest BCUT2D eigenvalue weighted by Gasteiger charge is -2.40. The Morgan fingerprint density at radius 3 is 1.92 bits per heavy atom. The number of anilines is 5. The monoisotopic (exact) mass is 491 g/mol. The van der Waals surface area contributed by atoms with Crippen molar-refractivity contribution in [2.75, 3.05) is 50.0 Å². The standard InChI is InChI=1S/C33H37N3O/c1-21-16-22(2)31(23(3)17-21)32-27-18-25(34(4)5)14-15-28(27)36(24-12-10-9-11-13-24)29-19-26(35(6)7)20-30(37-8)33(29)32/h9-20,32H,1-8H3. The minimum atomic E-state index is 0.0385. The van der Waals surface area contributed by atoms with Gasteiger partial charge in [0.1, 0.15) is 5.75 Å². The normalized spacial score (nSPS) is 14.2. The van der Waals surface area contributed by atoms with Crippen LogP contribution in [0.1, 0.15) is 39.3 Å². The Balaban J connectivity index is 1.94. The van der Waals surface area contributed by atoms with Crippen LogP contribution in [0.25, 0.3) is 0 Å². The number of methoxy groups -OCH3 is 1. The first kappa shape index (κ1) is 24.8. The Bertz CT molecular complexity index is 1430. The first-order valence-electron chi connectivity index (χ1n) is 12.8. The molecule has 0 saturated carbocycles. The average molecular weight is 492 g/mol. The van der Waals surface area contributed by atoms with Gasteiger partial charge < -0.3 is 19.4 Å². The van der Waals surface area contributed by atoms with Crippen LogP contribution in [0.2, 0.25) is 0 Å². The molecular weight excluding hydrogens is 454 g/mol. The van der Waals surface area contributed by atoms with E-state index in [1.807, 2.05) is 0 Å². The fraction of sp³-hybridized carbons (Fsp3) is 0.273. The van der Waals surface area contributed by atoms with Crippen LogP contribution in [0.3, 0.4) is 0 Å². The fourth-order valence-corrected chi connectivity index (χ4v) is 5.84. The molecule has 4 aromatic carbocycles. The zero-order valence-corrected chi connectivity index (χ0v) is 23.3. The van der Waals surface area contributed by atoms with Crippen LogP contribution in [0.5, 0.6) is 5.75 Å². The summed E-state index contributed by atoms with van der Waals surface area (Å²) in [6.45, 7) is 6.67. The van der Waals surface area contributed by atoms with Gasteiger partial charge in [-0.3, -0.25) is 0 Å². The molecule has 4 aromatic rings. The van der Waals surface area contributed by atoms with Crippen molar-refractivity contribution in [1.29, 1.82) is 0 Å². The quantitative estimate of drug-likeness (QED) is 0.250. The number of para-hydroxylation sites is 1. The van der Waals surface area contributed by atoms with Crippen molar-refractivity contribution in [3.8, 4) is 5.75 Å². The third-order valence-corrected chi connectivity index (χ3v) is 7.49. The summed E-state index contributed by atoms with van der Waals surface area (Å²) in [6.07, 6.45) is 0. The smallest absolute Gasteiger partial charge is 0.127 e. The number of nitrogens with zero attached hydrogens (tertiary/aromatic N) is 3. The molecule has 190 valence electrons. The number of benzene rings is 4. The number of rotatable bonds is 5. The molecule has 0 N–H and O–H groups in total. The topological polar surface area (TPSA) is 19.0 Å². The van der Waals surface area contributed by atoms with Crippen molar-refractivity contribution in [3.63, 3.8) is 0 Å². The van der Waals surface area contributed by atoms with Gasteiger partial charge in [0.25, 0.3) is 0 Å². The minimum Gasteiger partial charge on any atom is -0.496 e. The molecule has 0 radical (unpaired) electrons. The predicted octanol–water partition coefficient (Wildman–Crippen LogP) is 7.72. The van der Waals surface area contributed by atoms with Crippen LogP contribution in [-0.2, 0) is 0 Å². The molecule has 37 heavy (non-hydrogen) atoms. The molecule has 1 unspecified atom stereocenters. The minimum absolute atomic E-state index is 0.0385. The summed E-state index contributed by atoms with van der Waals surface area (Å²) >= 11 is 0. The van der Waals surface area contributed by atoms with Crippen molar-refractivity contribution in [2.24, 2.45) is 0 Å². The van der Waals surface area contributed by atoms with Crippen LogP contribution in [0, 0.1) is 20.8 Å². The third kappa shape index (κ3) is 4.21. The van der Waals surface area contributed by atoms with Crippen molar-refractivity contribution >= 4 is 28.4 Å². The molecule has 0 fully saturated rings. The molecule has 0 spiro atoms. The molecule has 0 amide bonds. The molecule has 4 heteroatoms. The SMILES string of the molecule is COc1cc(N(C)C)cc2c1C(c1c(C)cc(C)cc1C)c1cc(N(C)C)ccc1N2c1ccccc1. The van der Waals surface area contributed by atoms with Crippen LogP contribution in [-0.4, -0.2) is 35.3 Å². The van der Waals surface area contributed by atoms with Gasteiger partial charge in [-0.15, -0.1) is 0 Å². The summed E-state index contributed by atoms with van der Waals surface area (Å²) in [4.78, 5) is 6.73. The number of hydrogen-bond donors (Lipinski definition) is 0. The van der Waals surface area contributed by atoms with Crippen LogP contribution >= 0.6 is 0 Å². The van der Waals surface area contributed by atoms with Crippen LogP contribution in [0.15, 0.2) is 72.8 Å². The molecule has 0 bridgehead atoms. The van der Waals surface area contributed by atoms with Crippen molar-refractivity contribution in [2.45, 2.75) is 26.7 Å². The van der Waals surface area contributed by atoms with E-state index in [9.17, 15) is 0 Å². The Hall–Kier alpha value is -3.92. The van der Waals surface area contributed by atoms with Gasteiger partial charge in [-0.2, -0.15) is 0 Å². The predicted molar refractivity (Wildman–Crippen MR) is 158 cm³/mol. The van der Waals surface area contributed by atoms with Crippen molar-refractivity contribution in [1.82, 2.24) is 0 Å². The molecule has 5 rings (SSSR count). The fourth-order valence-electron chi connectivity index (χ4n) is 5.84. The van der Waals surface area contributed by atoms with Crippen LogP contribution in [0.4, 0.5) is 28.4 Å². The van der Waals surface area contributed by atoms with Crippen molar-refractivity contribution in [3.05, 3.63) is 106 Å². The Morgan fingerprint density at radius 2 is 1.32 bits per heavy atom. The van der Waals surface area contributed by atoms with Crippen LogP contribution < -0.4 is 19.4 Å². The Kier molecular flexibility index (Phi) is 6.36. The number of aryl methyl sites for hydroxylation is 3. The number of hydrogen-bond acceptors (Lipinski definition) is 4. The maximum absolute atomic E-state index is 6.17. The van der Waals surface area contributed by atoms with E-state index in [0.29, 0.717) is 0 Å². The van der Waals surface area contributed by atoms with E-state index in [4.69, 9.17) is 4.74 Å². The highest BCUT2D eigenvalue weighted by Crippen LogP contribution is 2.56. The molecule has 0 saturated heterocycles. The molecule has 0 aromatic heterocycles. The lowest BCUT2D eigenvalue weighted by Crippen LogP contribution is -2.25. The van der Waals surface area contributed by atoms with E-state index in [-0.39, 0.29) is 5.92 Å². The largest absolute Gasteiger partial charge is 0.496 e. The Morgan fingerprint density at radius 1 is 0.676 bits per heavy atom. The van der Waals surface area contributed by atoms with Gasteiger partial charge in [-0.05, 0) is 79.4 Å². The second kappa shape index (κ2) is 9.51. The van der Waals surface area contributed by atoms with E-state index in [2.05, 4.69) is 136 Å². The molecule has 1 heterocycles. The third-order valence-electron chi connectivity index (χ3n) is 7.49.